The lowest BCUT2D eigenvalue weighted by Gasteiger charge is -2.18. The summed E-state index contributed by atoms with van der Waals surface area (Å²) in [5.74, 6) is 0.159. The Morgan fingerprint density at radius 1 is 1.21 bits per heavy atom. The standard InChI is InChI=1S/C13H15NO3.C2H6/c1-13(2,3)11-9-7-8(16-4)5-6-10(9)17-12(15)14-11;1-2/h5-7H,1-4H3;1-2H3. The predicted molar refractivity (Wildman–Crippen MR) is 76.9 cm³/mol. The summed E-state index contributed by atoms with van der Waals surface area (Å²) in [6.45, 7) is 10.0. The molecule has 1 heterocycles. The van der Waals surface area contributed by atoms with Crippen LogP contribution in [0.15, 0.2) is 27.4 Å². The Hall–Kier alpha value is -1.84. The van der Waals surface area contributed by atoms with E-state index in [1.807, 2.05) is 40.7 Å². The van der Waals surface area contributed by atoms with Gasteiger partial charge in [0.25, 0.3) is 0 Å². The van der Waals surface area contributed by atoms with E-state index in [-0.39, 0.29) is 5.41 Å². The van der Waals surface area contributed by atoms with Gasteiger partial charge in [0, 0.05) is 10.8 Å². The van der Waals surface area contributed by atoms with Crippen molar-refractivity contribution in [2.45, 2.75) is 40.0 Å². The molecule has 2 aromatic rings. The molecule has 0 aliphatic rings. The van der Waals surface area contributed by atoms with E-state index in [0.717, 1.165) is 16.8 Å². The molecule has 1 aromatic carbocycles. The lowest BCUT2D eigenvalue weighted by molar-refractivity contribution is 0.414. The largest absolute Gasteiger partial charge is 0.497 e. The second kappa shape index (κ2) is 5.87. The maximum atomic E-state index is 11.4. The fourth-order valence-electron chi connectivity index (χ4n) is 1.75. The van der Waals surface area contributed by atoms with Crippen molar-refractivity contribution in [2.24, 2.45) is 0 Å². The highest BCUT2D eigenvalue weighted by atomic mass is 16.5. The summed E-state index contributed by atoms with van der Waals surface area (Å²) in [4.78, 5) is 15.4. The average Bonchev–Trinajstić information content (AvgIpc) is 2.38. The Morgan fingerprint density at radius 2 is 1.84 bits per heavy atom. The molecule has 0 bridgehead atoms. The molecule has 0 amide bonds. The van der Waals surface area contributed by atoms with Crippen molar-refractivity contribution in [1.82, 2.24) is 4.98 Å². The van der Waals surface area contributed by atoms with Crippen molar-refractivity contribution in [3.63, 3.8) is 0 Å². The molecule has 0 aliphatic carbocycles. The molecule has 0 spiro atoms. The molecule has 0 fully saturated rings. The highest BCUT2D eigenvalue weighted by Gasteiger charge is 2.21. The Morgan fingerprint density at radius 3 is 2.37 bits per heavy atom. The van der Waals surface area contributed by atoms with Gasteiger partial charge in [0.15, 0.2) is 0 Å². The first-order valence-electron chi connectivity index (χ1n) is 6.41. The van der Waals surface area contributed by atoms with Gasteiger partial charge >= 0.3 is 5.76 Å². The number of hydrogen-bond donors (Lipinski definition) is 0. The predicted octanol–water partition coefficient (Wildman–Crippen LogP) is 3.52. The number of methoxy groups -OCH3 is 1. The summed E-state index contributed by atoms with van der Waals surface area (Å²) < 4.78 is 10.2. The van der Waals surface area contributed by atoms with Gasteiger partial charge in [-0.15, -0.1) is 0 Å². The fourth-order valence-corrected chi connectivity index (χ4v) is 1.75. The van der Waals surface area contributed by atoms with Gasteiger partial charge in [0.1, 0.15) is 11.3 Å². The van der Waals surface area contributed by atoms with Crippen LogP contribution < -0.4 is 10.5 Å². The molecule has 0 aliphatic heterocycles. The van der Waals surface area contributed by atoms with Gasteiger partial charge in [-0.25, -0.2) is 4.79 Å². The third-order valence-corrected chi connectivity index (χ3v) is 2.55. The molecule has 4 nitrogen and oxygen atoms in total. The zero-order valence-corrected chi connectivity index (χ0v) is 12.4. The number of ether oxygens (including phenoxy) is 1. The van der Waals surface area contributed by atoms with Gasteiger partial charge in [-0.05, 0) is 18.2 Å². The minimum absolute atomic E-state index is 0.222. The normalized spacial score (nSPS) is 10.8. The molecule has 2 rings (SSSR count). The van der Waals surface area contributed by atoms with Crippen LogP contribution in [-0.4, -0.2) is 12.1 Å². The molecule has 0 N–H and O–H groups in total. The van der Waals surface area contributed by atoms with E-state index in [1.165, 1.54) is 0 Å². The Balaban J connectivity index is 0.000000861. The molecule has 0 radical (unpaired) electrons. The Labute approximate surface area is 113 Å². The summed E-state index contributed by atoms with van der Waals surface area (Å²) in [6, 6.07) is 5.33. The smallest absolute Gasteiger partial charge is 0.439 e. The minimum Gasteiger partial charge on any atom is -0.497 e. The van der Waals surface area contributed by atoms with Crippen LogP contribution >= 0.6 is 0 Å². The van der Waals surface area contributed by atoms with Gasteiger partial charge < -0.3 is 9.15 Å². The van der Waals surface area contributed by atoms with Gasteiger partial charge in [-0.3, -0.25) is 0 Å². The number of nitrogens with zero attached hydrogens (tertiary/aromatic N) is 1. The quantitative estimate of drug-likeness (QED) is 0.790. The van der Waals surface area contributed by atoms with Crippen LogP contribution in [0, 0.1) is 0 Å². The highest BCUT2D eigenvalue weighted by molar-refractivity contribution is 5.81. The summed E-state index contributed by atoms with van der Waals surface area (Å²) in [5.41, 5.74) is 1.04. The molecular formula is C15H21NO3. The summed E-state index contributed by atoms with van der Waals surface area (Å²) in [7, 11) is 1.60. The number of rotatable bonds is 1. The van der Waals surface area contributed by atoms with E-state index in [9.17, 15) is 4.79 Å². The van der Waals surface area contributed by atoms with Crippen molar-refractivity contribution < 1.29 is 9.15 Å². The van der Waals surface area contributed by atoms with Crippen molar-refractivity contribution in [1.29, 1.82) is 0 Å². The lowest BCUT2D eigenvalue weighted by Crippen LogP contribution is -2.19. The molecule has 19 heavy (non-hydrogen) atoms. The molecule has 104 valence electrons. The molecule has 4 heteroatoms. The first-order chi connectivity index (χ1) is 8.91. The van der Waals surface area contributed by atoms with Crippen LogP contribution in [0.4, 0.5) is 0 Å². The number of aromatic nitrogens is 1. The molecule has 0 unspecified atom stereocenters. The van der Waals surface area contributed by atoms with Crippen molar-refractivity contribution >= 4 is 11.0 Å². The van der Waals surface area contributed by atoms with E-state index < -0.39 is 5.76 Å². The van der Waals surface area contributed by atoms with Crippen LogP contribution in [0.5, 0.6) is 5.75 Å². The van der Waals surface area contributed by atoms with Crippen molar-refractivity contribution in [3.8, 4) is 5.75 Å². The minimum atomic E-state index is -0.562. The number of fused-ring (bicyclic) bond motifs is 1. The molecule has 1 aromatic heterocycles. The first-order valence-corrected chi connectivity index (χ1v) is 6.41. The fraction of sp³-hybridized carbons (Fsp3) is 0.467. The van der Waals surface area contributed by atoms with Crippen LogP contribution in [-0.2, 0) is 5.41 Å². The monoisotopic (exact) mass is 263 g/mol. The average molecular weight is 263 g/mol. The van der Waals surface area contributed by atoms with Gasteiger partial charge in [0.05, 0.1) is 12.8 Å². The second-order valence-electron chi connectivity index (χ2n) is 4.94. The Kier molecular flexibility index (Phi) is 4.70. The van der Waals surface area contributed by atoms with Crippen molar-refractivity contribution in [2.75, 3.05) is 7.11 Å². The maximum absolute atomic E-state index is 11.4. The van der Waals surface area contributed by atoms with Crippen LogP contribution in [0.3, 0.4) is 0 Å². The van der Waals surface area contributed by atoms with E-state index >= 15 is 0 Å². The number of hydrogen-bond acceptors (Lipinski definition) is 4. The molecule has 0 saturated heterocycles. The van der Waals surface area contributed by atoms with Crippen LogP contribution in [0.2, 0.25) is 0 Å². The third kappa shape index (κ3) is 3.34. The van der Waals surface area contributed by atoms with E-state index in [2.05, 4.69) is 4.98 Å². The topological polar surface area (TPSA) is 52.3 Å². The molecular weight excluding hydrogens is 242 g/mol. The SMILES string of the molecule is CC.COc1ccc2oc(=O)nc(C(C)(C)C)c2c1. The van der Waals surface area contributed by atoms with E-state index in [4.69, 9.17) is 9.15 Å². The van der Waals surface area contributed by atoms with E-state index in [1.54, 1.807) is 19.2 Å². The van der Waals surface area contributed by atoms with Gasteiger partial charge in [0.2, 0.25) is 0 Å². The van der Waals surface area contributed by atoms with E-state index in [0.29, 0.717) is 5.58 Å². The highest BCUT2D eigenvalue weighted by Crippen LogP contribution is 2.29. The van der Waals surface area contributed by atoms with Gasteiger partial charge in [-0.2, -0.15) is 4.98 Å². The van der Waals surface area contributed by atoms with Crippen LogP contribution in [0.25, 0.3) is 11.0 Å². The lowest BCUT2D eigenvalue weighted by atomic mass is 9.89. The number of benzene rings is 1. The maximum Gasteiger partial charge on any atom is 0.439 e. The van der Waals surface area contributed by atoms with Gasteiger partial charge in [-0.1, -0.05) is 34.6 Å². The summed E-state index contributed by atoms with van der Waals surface area (Å²) in [6.07, 6.45) is 0. The Bertz CT molecular complexity index is 609. The molecule has 0 saturated carbocycles. The summed E-state index contributed by atoms with van der Waals surface area (Å²) >= 11 is 0. The second-order valence-corrected chi connectivity index (χ2v) is 4.94. The van der Waals surface area contributed by atoms with Crippen LogP contribution in [0.1, 0.15) is 40.3 Å². The zero-order valence-electron chi connectivity index (χ0n) is 12.4. The third-order valence-electron chi connectivity index (χ3n) is 2.55. The molecule has 0 atom stereocenters. The van der Waals surface area contributed by atoms with Crippen molar-refractivity contribution in [3.05, 3.63) is 34.4 Å². The summed E-state index contributed by atoms with van der Waals surface area (Å²) in [5, 5.41) is 0.816. The zero-order chi connectivity index (χ0) is 14.6. The first kappa shape index (κ1) is 15.2.